The van der Waals surface area contributed by atoms with E-state index in [-0.39, 0.29) is 6.10 Å². The Labute approximate surface area is 130 Å². The van der Waals surface area contributed by atoms with E-state index in [1.807, 2.05) is 36.7 Å². The highest BCUT2D eigenvalue weighted by Crippen LogP contribution is 2.20. The topological polar surface area (TPSA) is 56.1 Å². The number of hydrogen-bond donors (Lipinski definition) is 0. The van der Waals surface area contributed by atoms with Gasteiger partial charge < -0.3 is 9.64 Å². The number of ether oxygens (including phenoxy) is 1. The number of aromatic nitrogens is 4. The minimum atomic E-state index is 0.246. The second-order valence-corrected chi connectivity index (χ2v) is 5.57. The molecule has 3 heterocycles. The Kier molecular flexibility index (Phi) is 4.20. The summed E-state index contributed by atoms with van der Waals surface area (Å²) in [5, 5.41) is 13.1. The predicted molar refractivity (Wildman–Crippen MR) is 85.4 cm³/mol. The van der Waals surface area contributed by atoms with Crippen molar-refractivity contribution in [3.63, 3.8) is 0 Å². The lowest BCUT2D eigenvalue weighted by molar-refractivity contribution is 0.0909. The summed E-state index contributed by atoms with van der Waals surface area (Å²) in [5.41, 5.74) is 2.03. The van der Waals surface area contributed by atoms with E-state index in [1.165, 1.54) is 0 Å². The number of nitrogens with zero attached hydrogens (tertiary/aromatic N) is 5. The standard InChI is InChI=1S/C16H21N5O/c1-4-9-22-14-7-8-20(11-14)15-5-6-16(18-17-15)21-13(3)10-12(2)19-21/h4-6,10,14H,1,7-9,11H2,2-3H3. The molecule has 0 radical (unpaired) electrons. The molecule has 0 amide bonds. The van der Waals surface area contributed by atoms with Crippen molar-refractivity contribution in [3.8, 4) is 5.82 Å². The van der Waals surface area contributed by atoms with Gasteiger partial charge >= 0.3 is 0 Å². The molecule has 1 unspecified atom stereocenters. The zero-order valence-electron chi connectivity index (χ0n) is 13.1. The number of hydrogen-bond acceptors (Lipinski definition) is 5. The van der Waals surface area contributed by atoms with Crippen LogP contribution in [0, 0.1) is 13.8 Å². The van der Waals surface area contributed by atoms with Gasteiger partial charge in [-0.2, -0.15) is 5.10 Å². The molecule has 0 saturated carbocycles. The summed E-state index contributed by atoms with van der Waals surface area (Å²) in [5.74, 6) is 1.63. The Morgan fingerprint density at radius 2 is 2.09 bits per heavy atom. The molecule has 116 valence electrons. The molecule has 1 saturated heterocycles. The highest BCUT2D eigenvalue weighted by atomic mass is 16.5. The molecule has 1 fully saturated rings. The van der Waals surface area contributed by atoms with E-state index in [0.29, 0.717) is 6.61 Å². The van der Waals surface area contributed by atoms with E-state index >= 15 is 0 Å². The van der Waals surface area contributed by atoms with Gasteiger partial charge in [0.25, 0.3) is 0 Å². The van der Waals surface area contributed by atoms with Crippen LogP contribution in [0.4, 0.5) is 5.82 Å². The zero-order valence-corrected chi connectivity index (χ0v) is 13.1. The number of rotatable bonds is 5. The minimum Gasteiger partial charge on any atom is -0.372 e. The van der Waals surface area contributed by atoms with E-state index in [4.69, 9.17) is 4.74 Å². The van der Waals surface area contributed by atoms with Crippen molar-refractivity contribution < 1.29 is 4.74 Å². The Bertz CT molecular complexity index is 649. The monoisotopic (exact) mass is 299 g/mol. The summed E-state index contributed by atoms with van der Waals surface area (Å²) in [4.78, 5) is 2.20. The van der Waals surface area contributed by atoms with Gasteiger partial charge in [-0.1, -0.05) is 6.08 Å². The van der Waals surface area contributed by atoms with Crippen molar-refractivity contribution >= 4 is 5.82 Å². The lowest BCUT2D eigenvalue weighted by atomic mass is 10.3. The van der Waals surface area contributed by atoms with E-state index in [2.05, 4.69) is 26.8 Å². The average molecular weight is 299 g/mol. The first-order valence-corrected chi connectivity index (χ1v) is 7.52. The van der Waals surface area contributed by atoms with E-state index in [1.54, 1.807) is 6.08 Å². The third kappa shape index (κ3) is 3.01. The largest absolute Gasteiger partial charge is 0.372 e. The molecule has 6 heteroatoms. The highest BCUT2D eigenvalue weighted by Gasteiger charge is 2.24. The molecule has 22 heavy (non-hydrogen) atoms. The maximum atomic E-state index is 5.69. The Morgan fingerprint density at radius 1 is 1.32 bits per heavy atom. The smallest absolute Gasteiger partial charge is 0.176 e. The summed E-state index contributed by atoms with van der Waals surface area (Å²) in [6.07, 6.45) is 3.04. The van der Waals surface area contributed by atoms with E-state index in [9.17, 15) is 0 Å². The molecule has 1 aliphatic rings. The second kappa shape index (κ2) is 6.27. The van der Waals surface area contributed by atoms with Gasteiger partial charge in [0.05, 0.1) is 18.4 Å². The first-order chi connectivity index (χ1) is 10.7. The molecule has 0 N–H and O–H groups in total. The molecule has 2 aromatic rings. The first-order valence-electron chi connectivity index (χ1n) is 7.52. The van der Waals surface area contributed by atoms with Gasteiger partial charge in [-0.05, 0) is 38.5 Å². The zero-order chi connectivity index (χ0) is 15.5. The second-order valence-electron chi connectivity index (χ2n) is 5.57. The van der Waals surface area contributed by atoms with Crippen LogP contribution < -0.4 is 4.90 Å². The van der Waals surface area contributed by atoms with Gasteiger partial charge in [-0.15, -0.1) is 16.8 Å². The summed E-state index contributed by atoms with van der Waals surface area (Å²) < 4.78 is 7.50. The van der Waals surface area contributed by atoms with Crippen LogP contribution >= 0.6 is 0 Å². The lowest BCUT2D eigenvalue weighted by Gasteiger charge is -2.17. The van der Waals surface area contributed by atoms with Gasteiger partial charge in [-0.25, -0.2) is 4.68 Å². The maximum Gasteiger partial charge on any atom is 0.176 e. The highest BCUT2D eigenvalue weighted by molar-refractivity contribution is 5.41. The quantitative estimate of drug-likeness (QED) is 0.791. The van der Waals surface area contributed by atoms with Crippen LogP contribution in [0.1, 0.15) is 17.8 Å². The molecule has 2 aromatic heterocycles. The normalized spacial score (nSPS) is 17.9. The fraction of sp³-hybridized carbons (Fsp3) is 0.438. The molecule has 0 aromatic carbocycles. The van der Waals surface area contributed by atoms with Crippen molar-refractivity contribution in [2.45, 2.75) is 26.4 Å². The van der Waals surface area contributed by atoms with Crippen molar-refractivity contribution in [2.24, 2.45) is 0 Å². The summed E-state index contributed by atoms with van der Waals surface area (Å²) >= 11 is 0. The van der Waals surface area contributed by atoms with Crippen LogP contribution in [0.2, 0.25) is 0 Å². The van der Waals surface area contributed by atoms with Gasteiger partial charge in [0, 0.05) is 18.8 Å². The van der Waals surface area contributed by atoms with Gasteiger partial charge in [-0.3, -0.25) is 0 Å². The third-order valence-corrected chi connectivity index (χ3v) is 3.78. The van der Waals surface area contributed by atoms with Crippen LogP contribution in [-0.2, 0) is 4.74 Å². The summed E-state index contributed by atoms with van der Waals surface area (Å²) in [7, 11) is 0. The van der Waals surface area contributed by atoms with Gasteiger partial charge in [0.2, 0.25) is 0 Å². The first kappa shape index (κ1) is 14.7. The van der Waals surface area contributed by atoms with Gasteiger partial charge in [0.15, 0.2) is 11.6 Å². The van der Waals surface area contributed by atoms with Crippen LogP contribution in [0.5, 0.6) is 0 Å². The van der Waals surface area contributed by atoms with E-state index < -0.39 is 0 Å². The summed E-state index contributed by atoms with van der Waals surface area (Å²) in [6, 6.07) is 5.98. The number of anilines is 1. The van der Waals surface area contributed by atoms with Crippen LogP contribution in [-0.4, -0.2) is 45.8 Å². The predicted octanol–water partition coefficient (Wildman–Crippen LogP) is 2.06. The van der Waals surface area contributed by atoms with Crippen molar-refractivity contribution in [1.29, 1.82) is 0 Å². The molecule has 1 aliphatic heterocycles. The lowest BCUT2D eigenvalue weighted by Crippen LogP contribution is -2.24. The fourth-order valence-corrected chi connectivity index (χ4v) is 2.74. The van der Waals surface area contributed by atoms with Crippen molar-refractivity contribution in [3.05, 3.63) is 42.2 Å². The Balaban J connectivity index is 1.70. The van der Waals surface area contributed by atoms with Crippen LogP contribution in [0.3, 0.4) is 0 Å². The molecule has 3 rings (SSSR count). The molecule has 0 spiro atoms. The maximum absolute atomic E-state index is 5.69. The van der Waals surface area contributed by atoms with Crippen LogP contribution in [0.25, 0.3) is 5.82 Å². The molecular weight excluding hydrogens is 278 g/mol. The van der Waals surface area contributed by atoms with E-state index in [0.717, 1.165) is 42.5 Å². The fourth-order valence-electron chi connectivity index (χ4n) is 2.74. The summed E-state index contributed by atoms with van der Waals surface area (Å²) in [6.45, 7) is 10.0. The van der Waals surface area contributed by atoms with Gasteiger partial charge in [0.1, 0.15) is 0 Å². The minimum absolute atomic E-state index is 0.246. The molecule has 0 bridgehead atoms. The molecular formula is C16H21N5O. The SMILES string of the molecule is C=CCOC1CCN(c2ccc(-n3nc(C)cc3C)nn2)C1. The Hall–Kier alpha value is -2.21. The number of aryl methyl sites for hydroxylation is 2. The average Bonchev–Trinajstić information content (AvgIpc) is 3.12. The van der Waals surface area contributed by atoms with Crippen molar-refractivity contribution in [1.82, 2.24) is 20.0 Å². The molecule has 1 atom stereocenters. The third-order valence-electron chi connectivity index (χ3n) is 3.78. The molecule has 6 nitrogen and oxygen atoms in total. The molecule has 0 aliphatic carbocycles. The van der Waals surface area contributed by atoms with Crippen molar-refractivity contribution in [2.75, 3.05) is 24.6 Å². The van der Waals surface area contributed by atoms with Crippen LogP contribution in [0.15, 0.2) is 30.9 Å². The Morgan fingerprint density at radius 3 is 2.73 bits per heavy atom.